The number of rotatable bonds is 5. The molecule has 0 spiro atoms. The maximum Gasteiger partial charge on any atom is 0.271 e. The summed E-state index contributed by atoms with van der Waals surface area (Å²) < 4.78 is 5.57. The minimum atomic E-state index is -0.535. The lowest BCUT2D eigenvalue weighted by Crippen LogP contribution is -2.17. The second-order valence-electron chi connectivity index (χ2n) is 5.37. The Kier molecular flexibility index (Phi) is 5.18. The predicted octanol–water partition coefficient (Wildman–Crippen LogP) is 3.98. The monoisotopic (exact) mass is 385 g/mol. The van der Waals surface area contributed by atoms with Crippen molar-refractivity contribution < 1.29 is 19.2 Å². The molecule has 1 heterocycles. The number of benzene rings is 2. The lowest BCUT2D eigenvalue weighted by molar-refractivity contribution is -0.384. The average Bonchev–Trinajstić information content (AvgIpc) is 3.10. The summed E-state index contributed by atoms with van der Waals surface area (Å²) in [6.07, 6.45) is 1.31. The molecular formula is C18H12ClN3O5. The van der Waals surface area contributed by atoms with Gasteiger partial charge in [-0.05, 0) is 42.5 Å². The van der Waals surface area contributed by atoms with Gasteiger partial charge >= 0.3 is 0 Å². The fourth-order valence-corrected chi connectivity index (χ4v) is 2.48. The van der Waals surface area contributed by atoms with E-state index in [0.29, 0.717) is 22.6 Å². The summed E-state index contributed by atoms with van der Waals surface area (Å²) in [5.41, 5.74) is 3.05. The molecule has 0 atom stereocenters. The van der Waals surface area contributed by atoms with Crippen LogP contribution in [-0.4, -0.2) is 22.2 Å². The van der Waals surface area contributed by atoms with Gasteiger partial charge in [0.05, 0.1) is 16.2 Å². The average molecular weight is 386 g/mol. The summed E-state index contributed by atoms with van der Waals surface area (Å²) in [6, 6.07) is 13.0. The van der Waals surface area contributed by atoms with E-state index in [0.717, 1.165) is 0 Å². The van der Waals surface area contributed by atoms with E-state index in [1.165, 1.54) is 48.7 Å². The number of aromatic hydroxyl groups is 1. The first kappa shape index (κ1) is 18.2. The van der Waals surface area contributed by atoms with Gasteiger partial charge in [-0.25, -0.2) is 5.43 Å². The van der Waals surface area contributed by atoms with Crippen molar-refractivity contribution in [2.45, 2.75) is 0 Å². The first-order valence-electron chi connectivity index (χ1n) is 7.60. The predicted molar refractivity (Wildman–Crippen MR) is 99.0 cm³/mol. The first-order chi connectivity index (χ1) is 12.9. The summed E-state index contributed by atoms with van der Waals surface area (Å²) in [4.78, 5) is 22.1. The molecule has 0 fully saturated rings. The molecule has 0 aliphatic carbocycles. The summed E-state index contributed by atoms with van der Waals surface area (Å²) in [5.74, 6) is 0.367. The van der Waals surface area contributed by atoms with Crippen molar-refractivity contribution in [3.63, 3.8) is 0 Å². The normalized spacial score (nSPS) is 10.9. The fraction of sp³-hybridized carbons (Fsp3) is 0. The molecule has 3 aromatic rings. The van der Waals surface area contributed by atoms with Crippen molar-refractivity contribution in [2.75, 3.05) is 0 Å². The van der Waals surface area contributed by atoms with Gasteiger partial charge in [-0.2, -0.15) is 5.10 Å². The number of halogens is 1. The Morgan fingerprint density at radius 1 is 1.19 bits per heavy atom. The molecule has 8 nitrogen and oxygen atoms in total. The van der Waals surface area contributed by atoms with Crippen molar-refractivity contribution in [3.8, 4) is 17.1 Å². The Labute approximate surface area is 157 Å². The maximum absolute atomic E-state index is 11.9. The van der Waals surface area contributed by atoms with Gasteiger partial charge in [-0.15, -0.1) is 0 Å². The molecule has 1 amide bonds. The molecular weight excluding hydrogens is 374 g/mol. The number of carbonyl (C=O) groups is 1. The molecule has 2 aromatic carbocycles. The Morgan fingerprint density at radius 3 is 2.59 bits per heavy atom. The summed E-state index contributed by atoms with van der Waals surface area (Å²) >= 11 is 6.07. The molecule has 0 aliphatic rings. The smallest absolute Gasteiger partial charge is 0.271 e. The van der Waals surface area contributed by atoms with E-state index in [1.54, 1.807) is 12.1 Å². The molecule has 0 radical (unpaired) electrons. The van der Waals surface area contributed by atoms with Crippen LogP contribution in [0.2, 0.25) is 5.02 Å². The topological polar surface area (TPSA) is 118 Å². The molecule has 0 saturated carbocycles. The number of non-ortho nitro benzene ring substituents is 1. The summed E-state index contributed by atoms with van der Waals surface area (Å²) in [7, 11) is 0. The summed E-state index contributed by atoms with van der Waals surface area (Å²) in [6.45, 7) is 0. The minimum absolute atomic E-state index is 0.0584. The number of hydrogen-bond acceptors (Lipinski definition) is 6. The van der Waals surface area contributed by atoms with Crippen LogP contribution in [0, 0.1) is 10.1 Å². The maximum atomic E-state index is 11.9. The number of amides is 1. The number of nitrogens with zero attached hydrogens (tertiary/aromatic N) is 2. The number of furan rings is 1. The van der Waals surface area contributed by atoms with Crippen LogP contribution in [0.25, 0.3) is 11.3 Å². The Bertz CT molecular complexity index is 1030. The van der Waals surface area contributed by atoms with Crippen LogP contribution in [0.4, 0.5) is 5.69 Å². The van der Waals surface area contributed by atoms with Crippen molar-refractivity contribution in [3.05, 3.63) is 81.1 Å². The summed E-state index contributed by atoms with van der Waals surface area (Å²) in [5, 5.41) is 23.9. The van der Waals surface area contributed by atoms with E-state index in [2.05, 4.69) is 10.5 Å². The zero-order valence-corrected chi connectivity index (χ0v) is 14.4. The van der Waals surface area contributed by atoms with Crippen molar-refractivity contribution in [1.29, 1.82) is 0 Å². The Hall–Kier alpha value is -3.65. The standard InChI is InChI=1S/C18H12ClN3O5/c19-16-9-12(22(25)26)3-7-15(16)17-8-6-14(27-17)10-20-21-18(24)11-1-4-13(23)5-2-11/h1-10,23H,(H,21,24)/b20-10-. The van der Waals surface area contributed by atoms with Crippen molar-refractivity contribution in [2.24, 2.45) is 5.10 Å². The molecule has 2 N–H and O–H groups in total. The molecule has 136 valence electrons. The number of hydrogen-bond donors (Lipinski definition) is 2. The van der Waals surface area contributed by atoms with Gasteiger partial charge in [0.1, 0.15) is 17.3 Å². The first-order valence-corrected chi connectivity index (χ1v) is 7.98. The highest BCUT2D eigenvalue weighted by Gasteiger charge is 2.13. The molecule has 0 bridgehead atoms. The molecule has 27 heavy (non-hydrogen) atoms. The van der Waals surface area contributed by atoms with Gasteiger partial charge in [0, 0.05) is 23.3 Å². The van der Waals surface area contributed by atoms with Gasteiger partial charge < -0.3 is 9.52 Å². The van der Waals surface area contributed by atoms with E-state index in [4.69, 9.17) is 16.0 Å². The number of nitrogens with one attached hydrogen (secondary N) is 1. The largest absolute Gasteiger partial charge is 0.508 e. The number of phenolic OH excluding ortho intramolecular Hbond substituents is 1. The highest BCUT2D eigenvalue weighted by molar-refractivity contribution is 6.33. The van der Waals surface area contributed by atoms with Crippen LogP contribution in [-0.2, 0) is 0 Å². The van der Waals surface area contributed by atoms with Crippen LogP contribution < -0.4 is 5.43 Å². The van der Waals surface area contributed by atoms with Gasteiger partial charge in [-0.1, -0.05) is 11.6 Å². The molecule has 0 aliphatic heterocycles. The minimum Gasteiger partial charge on any atom is -0.508 e. The fourth-order valence-electron chi connectivity index (χ4n) is 2.22. The van der Waals surface area contributed by atoms with Crippen LogP contribution in [0.1, 0.15) is 16.1 Å². The second kappa shape index (κ2) is 7.71. The van der Waals surface area contributed by atoms with Gasteiger partial charge in [0.15, 0.2) is 0 Å². The Balaban J connectivity index is 1.69. The molecule has 0 saturated heterocycles. The highest BCUT2D eigenvalue weighted by Crippen LogP contribution is 2.32. The third kappa shape index (κ3) is 4.31. The molecule has 3 rings (SSSR count). The number of nitro groups is 1. The number of phenols is 1. The van der Waals surface area contributed by atoms with E-state index >= 15 is 0 Å². The van der Waals surface area contributed by atoms with E-state index in [-0.39, 0.29) is 16.5 Å². The zero-order chi connectivity index (χ0) is 19.4. The van der Waals surface area contributed by atoms with Crippen LogP contribution in [0.5, 0.6) is 5.75 Å². The second-order valence-corrected chi connectivity index (χ2v) is 5.78. The van der Waals surface area contributed by atoms with Crippen LogP contribution in [0.15, 0.2) is 64.1 Å². The highest BCUT2D eigenvalue weighted by atomic mass is 35.5. The number of hydrazone groups is 1. The van der Waals surface area contributed by atoms with Crippen molar-refractivity contribution >= 4 is 29.4 Å². The molecule has 1 aromatic heterocycles. The van der Waals surface area contributed by atoms with Crippen LogP contribution in [0.3, 0.4) is 0 Å². The number of nitro benzene ring substituents is 1. The lowest BCUT2D eigenvalue weighted by atomic mass is 10.1. The quantitative estimate of drug-likeness (QED) is 0.391. The van der Waals surface area contributed by atoms with Gasteiger partial charge in [0.25, 0.3) is 11.6 Å². The van der Waals surface area contributed by atoms with E-state index < -0.39 is 10.8 Å². The molecule has 9 heteroatoms. The van der Waals surface area contributed by atoms with Crippen molar-refractivity contribution in [1.82, 2.24) is 5.43 Å². The third-order valence-electron chi connectivity index (χ3n) is 3.54. The van der Waals surface area contributed by atoms with E-state index in [9.17, 15) is 20.0 Å². The van der Waals surface area contributed by atoms with Crippen LogP contribution >= 0.6 is 11.6 Å². The van der Waals surface area contributed by atoms with Gasteiger partial charge in [0.2, 0.25) is 0 Å². The van der Waals surface area contributed by atoms with E-state index in [1.807, 2.05) is 0 Å². The molecule has 0 unspecified atom stereocenters. The van der Waals surface area contributed by atoms with Gasteiger partial charge in [-0.3, -0.25) is 14.9 Å². The zero-order valence-electron chi connectivity index (χ0n) is 13.6. The third-order valence-corrected chi connectivity index (χ3v) is 3.86. The number of carbonyl (C=O) groups excluding carboxylic acids is 1. The Morgan fingerprint density at radius 2 is 1.93 bits per heavy atom. The lowest BCUT2D eigenvalue weighted by Gasteiger charge is -2.00. The SMILES string of the molecule is O=C(N/N=C\c1ccc(-c2ccc([N+](=O)[O-])cc2Cl)o1)c1ccc(O)cc1.